The van der Waals surface area contributed by atoms with Crippen LogP contribution in [0.15, 0.2) is 72.9 Å². The predicted octanol–water partition coefficient (Wildman–Crippen LogP) is 6.15. The lowest BCUT2D eigenvalue weighted by molar-refractivity contribution is 1.15. The minimum atomic E-state index is 0.935. The van der Waals surface area contributed by atoms with E-state index in [4.69, 9.17) is 0 Å². The van der Waals surface area contributed by atoms with Gasteiger partial charge in [0.05, 0.1) is 5.69 Å². The third-order valence-corrected chi connectivity index (χ3v) is 4.36. The molecule has 0 aliphatic carbocycles. The van der Waals surface area contributed by atoms with E-state index in [1.54, 1.807) is 0 Å². The number of benzene rings is 2. The maximum absolute atomic E-state index is 4.65. The second-order valence-corrected chi connectivity index (χ2v) is 6.56. The Morgan fingerprint density at radius 3 is 2.08 bits per heavy atom. The fraction of sp³-hybridized carbons (Fsp3) is 0.174. The summed E-state index contributed by atoms with van der Waals surface area (Å²) in [4.78, 5) is 4.65. The number of allylic oxidation sites excluding steroid dienone is 1. The highest BCUT2D eigenvalue weighted by Crippen LogP contribution is 2.24. The molecule has 120 valence electrons. The van der Waals surface area contributed by atoms with Gasteiger partial charge in [0.2, 0.25) is 0 Å². The van der Waals surface area contributed by atoms with E-state index in [2.05, 4.69) is 86.9 Å². The first-order valence-electron chi connectivity index (χ1n) is 8.30. The Hall–Kier alpha value is -2.67. The summed E-state index contributed by atoms with van der Waals surface area (Å²) in [5.74, 6) is 0. The van der Waals surface area contributed by atoms with Crippen molar-refractivity contribution in [1.29, 1.82) is 0 Å². The van der Waals surface area contributed by atoms with Crippen LogP contribution in [0.5, 0.6) is 0 Å². The van der Waals surface area contributed by atoms with Crippen LogP contribution in [0.3, 0.4) is 0 Å². The first-order valence-corrected chi connectivity index (χ1v) is 8.30. The maximum atomic E-state index is 4.65. The molecule has 0 aliphatic heterocycles. The third-order valence-electron chi connectivity index (χ3n) is 4.36. The van der Waals surface area contributed by atoms with Crippen LogP contribution in [0, 0.1) is 13.8 Å². The van der Waals surface area contributed by atoms with Crippen LogP contribution >= 0.6 is 0 Å². The normalized spacial score (nSPS) is 10.6. The highest BCUT2D eigenvalue weighted by atomic mass is 14.7. The Kier molecular flexibility index (Phi) is 4.61. The zero-order valence-electron chi connectivity index (χ0n) is 14.6. The van der Waals surface area contributed by atoms with Crippen molar-refractivity contribution < 1.29 is 0 Å². The Morgan fingerprint density at radius 1 is 0.833 bits per heavy atom. The van der Waals surface area contributed by atoms with Crippen LogP contribution in [0.2, 0.25) is 0 Å². The lowest BCUT2D eigenvalue weighted by Crippen LogP contribution is -1.89. The molecule has 0 saturated heterocycles. The molecule has 1 heteroatoms. The van der Waals surface area contributed by atoms with E-state index in [-0.39, 0.29) is 0 Å². The highest BCUT2D eigenvalue weighted by Gasteiger charge is 2.03. The molecule has 0 spiro atoms. The van der Waals surface area contributed by atoms with Crippen molar-refractivity contribution in [3.8, 4) is 22.4 Å². The summed E-state index contributed by atoms with van der Waals surface area (Å²) in [6, 6.07) is 19.4. The van der Waals surface area contributed by atoms with Gasteiger partial charge in [-0.3, -0.25) is 4.98 Å². The van der Waals surface area contributed by atoms with Crippen molar-refractivity contribution in [2.24, 2.45) is 0 Å². The zero-order chi connectivity index (χ0) is 17.1. The van der Waals surface area contributed by atoms with Gasteiger partial charge in [-0.15, -0.1) is 0 Å². The predicted molar refractivity (Wildman–Crippen MR) is 103 cm³/mol. The standard InChI is InChI=1S/C23H23N/c1-16(2)13-19-6-9-20(10-7-19)22-11-12-23(24-15-22)21-8-5-17(3)18(4)14-21/h5-12,14-15H,1,13H2,2-4H3. The molecule has 0 atom stereocenters. The molecule has 0 fully saturated rings. The van der Waals surface area contributed by atoms with Gasteiger partial charge in [0, 0.05) is 17.3 Å². The van der Waals surface area contributed by atoms with Gasteiger partial charge in [0.25, 0.3) is 0 Å². The lowest BCUT2D eigenvalue weighted by atomic mass is 10.0. The van der Waals surface area contributed by atoms with Gasteiger partial charge < -0.3 is 0 Å². The summed E-state index contributed by atoms with van der Waals surface area (Å²) in [5.41, 5.74) is 9.61. The molecular weight excluding hydrogens is 290 g/mol. The first kappa shape index (κ1) is 16.2. The molecule has 3 aromatic rings. The third kappa shape index (κ3) is 3.62. The molecule has 3 rings (SSSR count). The minimum absolute atomic E-state index is 0.935. The van der Waals surface area contributed by atoms with Crippen molar-refractivity contribution in [2.45, 2.75) is 27.2 Å². The van der Waals surface area contributed by atoms with Gasteiger partial charge in [-0.1, -0.05) is 54.6 Å². The molecule has 1 aromatic heterocycles. The smallest absolute Gasteiger partial charge is 0.0702 e. The summed E-state index contributed by atoms with van der Waals surface area (Å²) >= 11 is 0. The van der Waals surface area contributed by atoms with Crippen molar-refractivity contribution in [2.75, 3.05) is 0 Å². The van der Waals surface area contributed by atoms with Gasteiger partial charge in [-0.25, -0.2) is 0 Å². The molecule has 0 aliphatic rings. The van der Waals surface area contributed by atoms with Crippen molar-refractivity contribution >= 4 is 0 Å². The minimum Gasteiger partial charge on any atom is -0.256 e. The Labute approximate surface area is 144 Å². The van der Waals surface area contributed by atoms with Gasteiger partial charge in [-0.05, 0) is 61.6 Å². The average molecular weight is 313 g/mol. The quantitative estimate of drug-likeness (QED) is 0.526. The number of aryl methyl sites for hydroxylation is 2. The van der Waals surface area contributed by atoms with E-state index >= 15 is 0 Å². The number of hydrogen-bond donors (Lipinski definition) is 0. The number of nitrogens with zero attached hydrogens (tertiary/aromatic N) is 1. The monoisotopic (exact) mass is 313 g/mol. The molecule has 0 radical (unpaired) electrons. The average Bonchev–Trinajstić information content (AvgIpc) is 2.58. The van der Waals surface area contributed by atoms with E-state index in [1.807, 2.05) is 6.20 Å². The zero-order valence-corrected chi connectivity index (χ0v) is 14.6. The number of aromatic nitrogens is 1. The van der Waals surface area contributed by atoms with Crippen LogP contribution in [0.1, 0.15) is 23.6 Å². The molecule has 1 nitrogen and oxygen atoms in total. The molecule has 1 heterocycles. The second-order valence-electron chi connectivity index (χ2n) is 6.56. The van der Waals surface area contributed by atoms with E-state index in [0.29, 0.717) is 0 Å². The summed E-state index contributed by atoms with van der Waals surface area (Å²) < 4.78 is 0. The first-order chi connectivity index (χ1) is 11.5. The van der Waals surface area contributed by atoms with Crippen LogP contribution in [0.4, 0.5) is 0 Å². The fourth-order valence-electron chi connectivity index (χ4n) is 2.80. The van der Waals surface area contributed by atoms with Gasteiger partial charge in [-0.2, -0.15) is 0 Å². The van der Waals surface area contributed by atoms with E-state index in [0.717, 1.165) is 17.7 Å². The van der Waals surface area contributed by atoms with Crippen LogP contribution in [-0.4, -0.2) is 4.98 Å². The summed E-state index contributed by atoms with van der Waals surface area (Å²) in [6.45, 7) is 10.3. The SMILES string of the molecule is C=C(C)Cc1ccc(-c2ccc(-c3ccc(C)c(C)c3)nc2)cc1. The van der Waals surface area contributed by atoms with Gasteiger partial charge in [0.15, 0.2) is 0 Å². The molecular formula is C23H23N. The molecule has 0 unspecified atom stereocenters. The maximum Gasteiger partial charge on any atom is 0.0702 e. The molecule has 2 aromatic carbocycles. The fourth-order valence-corrected chi connectivity index (χ4v) is 2.80. The number of hydrogen-bond acceptors (Lipinski definition) is 1. The summed E-state index contributed by atoms with van der Waals surface area (Å²) in [6.07, 6.45) is 2.89. The van der Waals surface area contributed by atoms with E-state index in [9.17, 15) is 0 Å². The van der Waals surface area contributed by atoms with Crippen LogP contribution in [-0.2, 0) is 6.42 Å². The van der Waals surface area contributed by atoms with Crippen molar-refractivity contribution in [3.05, 3.63) is 89.6 Å². The Bertz CT molecular complexity index is 856. The van der Waals surface area contributed by atoms with Crippen LogP contribution in [0.25, 0.3) is 22.4 Å². The van der Waals surface area contributed by atoms with Gasteiger partial charge in [0.1, 0.15) is 0 Å². The number of rotatable bonds is 4. The second kappa shape index (κ2) is 6.84. The van der Waals surface area contributed by atoms with Crippen LogP contribution < -0.4 is 0 Å². The Morgan fingerprint density at radius 2 is 1.50 bits per heavy atom. The topological polar surface area (TPSA) is 12.9 Å². The molecule has 0 amide bonds. The van der Waals surface area contributed by atoms with Crippen molar-refractivity contribution in [1.82, 2.24) is 4.98 Å². The van der Waals surface area contributed by atoms with Gasteiger partial charge >= 0.3 is 0 Å². The molecule has 0 N–H and O–H groups in total. The summed E-state index contributed by atoms with van der Waals surface area (Å²) in [7, 11) is 0. The molecule has 0 saturated carbocycles. The molecule has 24 heavy (non-hydrogen) atoms. The Balaban J connectivity index is 1.83. The largest absolute Gasteiger partial charge is 0.256 e. The van der Waals surface area contributed by atoms with E-state index in [1.165, 1.54) is 33.4 Å². The van der Waals surface area contributed by atoms with Crippen molar-refractivity contribution in [3.63, 3.8) is 0 Å². The summed E-state index contributed by atoms with van der Waals surface area (Å²) in [5, 5.41) is 0. The van der Waals surface area contributed by atoms with E-state index < -0.39 is 0 Å². The number of pyridine rings is 1. The molecule has 0 bridgehead atoms. The lowest BCUT2D eigenvalue weighted by Gasteiger charge is -2.07. The highest BCUT2D eigenvalue weighted by molar-refractivity contribution is 5.67.